The van der Waals surface area contributed by atoms with E-state index in [1.165, 1.54) is 0 Å². The van der Waals surface area contributed by atoms with Crippen molar-refractivity contribution in [1.82, 2.24) is 14.4 Å². The molecule has 1 aliphatic carbocycles. The maximum Gasteiger partial charge on any atom is 0.220 e. The Morgan fingerprint density at radius 1 is 1.06 bits per heavy atom. The fourth-order valence-electron chi connectivity index (χ4n) is 4.69. The molecule has 0 atom stereocenters. The molecule has 7 heteroatoms. The van der Waals surface area contributed by atoms with Gasteiger partial charge in [0, 0.05) is 29.8 Å². The van der Waals surface area contributed by atoms with Gasteiger partial charge in [-0.1, -0.05) is 42.5 Å². The Morgan fingerprint density at radius 2 is 1.85 bits per heavy atom. The smallest absolute Gasteiger partial charge is 0.220 e. The van der Waals surface area contributed by atoms with E-state index in [2.05, 4.69) is 4.98 Å². The quantitative estimate of drug-likeness (QED) is 0.463. The topological polar surface area (TPSA) is 109 Å². The predicted octanol–water partition coefficient (Wildman–Crippen LogP) is 4.32. The second kappa shape index (κ2) is 8.94. The summed E-state index contributed by atoms with van der Waals surface area (Å²) in [7, 11) is 0. The Labute approximate surface area is 192 Å². The number of carbonyl (C=O) groups is 1. The summed E-state index contributed by atoms with van der Waals surface area (Å²) in [6, 6.07) is 18.0. The van der Waals surface area contributed by atoms with E-state index < -0.39 is 0 Å². The average molecular weight is 442 g/mol. The van der Waals surface area contributed by atoms with Crippen molar-refractivity contribution in [3.05, 3.63) is 78.4 Å². The normalized spacial score (nSPS) is 18.3. The molecule has 2 heterocycles. The van der Waals surface area contributed by atoms with Gasteiger partial charge in [0.2, 0.25) is 5.91 Å². The first-order chi connectivity index (χ1) is 16.1. The van der Waals surface area contributed by atoms with E-state index >= 15 is 0 Å². The average Bonchev–Trinajstić information content (AvgIpc) is 3.25. The van der Waals surface area contributed by atoms with Crippen LogP contribution in [0.15, 0.2) is 67.0 Å². The van der Waals surface area contributed by atoms with Gasteiger partial charge in [-0.2, -0.15) is 0 Å². The fraction of sp³-hybridized carbons (Fsp3) is 0.269. The van der Waals surface area contributed by atoms with Gasteiger partial charge in [-0.25, -0.2) is 9.97 Å². The second-order valence-electron chi connectivity index (χ2n) is 8.60. The lowest BCUT2D eigenvalue weighted by Gasteiger charge is -2.25. The number of nitrogens with two attached hydrogens (primary N) is 2. The number of hydrogen-bond acceptors (Lipinski definition) is 5. The van der Waals surface area contributed by atoms with Crippen LogP contribution >= 0.6 is 0 Å². The third kappa shape index (κ3) is 4.26. The van der Waals surface area contributed by atoms with Gasteiger partial charge >= 0.3 is 0 Å². The number of ether oxygens (including phenoxy) is 1. The van der Waals surface area contributed by atoms with Gasteiger partial charge in [-0.15, -0.1) is 0 Å². The zero-order valence-electron chi connectivity index (χ0n) is 18.4. The van der Waals surface area contributed by atoms with Crippen molar-refractivity contribution in [2.45, 2.75) is 38.2 Å². The van der Waals surface area contributed by atoms with Gasteiger partial charge in [0.1, 0.15) is 35.2 Å². The van der Waals surface area contributed by atoms with Crippen molar-refractivity contribution in [2.75, 3.05) is 5.73 Å². The molecule has 0 radical (unpaired) electrons. The van der Waals surface area contributed by atoms with Crippen molar-refractivity contribution >= 4 is 17.2 Å². The summed E-state index contributed by atoms with van der Waals surface area (Å²) in [5.74, 6) is 2.14. The van der Waals surface area contributed by atoms with Crippen LogP contribution in [0.4, 0.5) is 5.82 Å². The van der Waals surface area contributed by atoms with Crippen LogP contribution in [0.3, 0.4) is 0 Å². The minimum absolute atomic E-state index is 0.0443. The Morgan fingerprint density at radius 3 is 2.61 bits per heavy atom. The highest BCUT2D eigenvalue weighted by Crippen LogP contribution is 2.38. The molecule has 1 aliphatic rings. The summed E-state index contributed by atoms with van der Waals surface area (Å²) in [4.78, 5) is 20.9. The van der Waals surface area contributed by atoms with Gasteiger partial charge in [-0.3, -0.25) is 9.20 Å². The molecular formula is C26H27N5O2. The minimum Gasteiger partial charge on any atom is -0.489 e. The lowest BCUT2D eigenvalue weighted by Crippen LogP contribution is -2.27. The number of imidazole rings is 1. The van der Waals surface area contributed by atoms with E-state index in [-0.39, 0.29) is 17.7 Å². The van der Waals surface area contributed by atoms with Gasteiger partial charge in [0.25, 0.3) is 0 Å². The zero-order valence-corrected chi connectivity index (χ0v) is 18.4. The number of primary amides is 1. The number of anilines is 1. The van der Waals surface area contributed by atoms with Crippen molar-refractivity contribution in [1.29, 1.82) is 0 Å². The van der Waals surface area contributed by atoms with Gasteiger partial charge in [0.05, 0.1) is 0 Å². The number of rotatable bonds is 6. The highest BCUT2D eigenvalue weighted by molar-refractivity contribution is 5.85. The standard InChI is InChI=1S/C26H27N5O2/c27-24-23-22(20-7-4-8-21(15-20)33-16-17-5-2-1-3-6-17)30-26(31(23)14-13-29-24)19-11-9-18(10-12-19)25(28)32/h1-8,13-15,18-19H,9-12,16H2,(H2,27,29)(H2,28,32)/t18-,19-. The maximum absolute atomic E-state index is 11.6. The molecule has 0 aliphatic heterocycles. The van der Waals surface area contributed by atoms with Crippen molar-refractivity contribution in [3.8, 4) is 17.0 Å². The number of nitrogen functional groups attached to an aromatic ring is 1. The first-order valence-electron chi connectivity index (χ1n) is 11.3. The molecule has 1 fully saturated rings. The van der Waals surface area contributed by atoms with Crippen LogP contribution in [0.1, 0.15) is 43.0 Å². The zero-order chi connectivity index (χ0) is 22.8. The molecule has 168 valence electrons. The lowest BCUT2D eigenvalue weighted by atomic mass is 9.81. The molecule has 0 spiro atoms. The number of nitrogens with zero attached hydrogens (tertiary/aromatic N) is 3. The Hall–Kier alpha value is -3.87. The van der Waals surface area contributed by atoms with Crippen molar-refractivity contribution < 1.29 is 9.53 Å². The molecule has 0 unspecified atom stereocenters. The van der Waals surface area contributed by atoms with Gasteiger partial charge < -0.3 is 16.2 Å². The van der Waals surface area contributed by atoms with E-state index in [1.807, 2.05) is 65.2 Å². The van der Waals surface area contributed by atoms with E-state index in [0.717, 1.165) is 59.6 Å². The summed E-state index contributed by atoms with van der Waals surface area (Å²) in [5.41, 5.74) is 15.4. The molecule has 4 N–H and O–H groups in total. The largest absolute Gasteiger partial charge is 0.489 e. The summed E-state index contributed by atoms with van der Waals surface area (Å²) in [6.07, 6.45) is 6.92. The third-order valence-electron chi connectivity index (χ3n) is 6.46. The molecule has 7 nitrogen and oxygen atoms in total. The van der Waals surface area contributed by atoms with Crippen molar-refractivity contribution in [2.24, 2.45) is 11.7 Å². The monoisotopic (exact) mass is 441 g/mol. The predicted molar refractivity (Wildman–Crippen MR) is 128 cm³/mol. The summed E-state index contributed by atoms with van der Waals surface area (Å²) >= 11 is 0. The first-order valence-corrected chi connectivity index (χ1v) is 11.3. The number of amides is 1. The number of carbonyl (C=O) groups excluding carboxylic acids is 1. The van der Waals surface area contributed by atoms with Crippen LogP contribution in [0.2, 0.25) is 0 Å². The van der Waals surface area contributed by atoms with E-state index in [4.69, 9.17) is 21.2 Å². The van der Waals surface area contributed by atoms with E-state index in [9.17, 15) is 4.79 Å². The Bertz CT molecular complexity index is 1280. The van der Waals surface area contributed by atoms with E-state index in [0.29, 0.717) is 12.4 Å². The minimum atomic E-state index is -0.206. The number of hydrogen-bond donors (Lipinski definition) is 2. The Balaban J connectivity index is 1.47. The molecule has 4 aromatic rings. The SMILES string of the molecule is Nc1nccn2c1c(-c1cccc(OCc3ccccc3)c1)nc2[C@H]1CC[C@H](C(N)=O)CC1. The van der Waals surface area contributed by atoms with Gasteiger partial charge in [-0.05, 0) is 43.4 Å². The highest BCUT2D eigenvalue weighted by Gasteiger charge is 2.29. The van der Waals surface area contributed by atoms with Crippen molar-refractivity contribution in [3.63, 3.8) is 0 Å². The summed E-state index contributed by atoms with van der Waals surface area (Å²) < 4.78 is 8.07. The van der Waals surface area contributed by atoms with Crippen LogP contribution in [-0.2, 0) is 11.4 Å². The third-order valence-corrected chi connectivity index (χ3v) is 6.46. The molecule has 2 aromatic heterocycles. The molecular weight excluding hydrogens is 414 g/mol. The van der Waals surface area contributed by atoms with Crippen LogP contribution in [0, 0.1) is 5.92 Å². The molecule has 0 bridgehead atoms. The fourth-order valence-corrected chi connectivity index (χ4v) is 4.69. The van der Waals surface area contributed by atoms with Crippen LogP contribution in [0.5, 0.6) is 5.75 Å². The Kier molecular flexibility index (Phi) is 5.69. The van der Waals surface area contributed by atoms with Crippen LogP contribution < -0.4 is 16.2 Å². The molecule has 0 saturated heterocycles. The van der Waals surface area contributed by atoms with Crippen LogP contribution in [-0.4, -0.2) is 20.3 Å². The summed E-state index contributed by atoms with van der Waals surface area (Å²) in [6.45, 7) is 0.492. The first kappa shape index (κ1) is 21.0. The molecule has 5 rings (SSSR count). The number of aromatic nitrogens is 3. The van der Waals surface area contributed by atoms with E-state index in [1.54, 1.807) is 6.20 Å². The van der Waals surface area contributed by atoms with Gasteiger partial charge in [0.15, 0.2) is 0 Å². The van der Waals surface area contributed by atoms with Crippen LogP contribution in [0.25, 0.3) is 16.8 Å². The second-order valence-corrected chi connectivity index (χ2v) is 8.60. The molecule has 33 heavy (non-hydrogen) atoms. The maximum atomic E-state index is 11.6. The summed E-state index contributed by atoms with van der Waals surface area (Å²) in [5, 5.41) is 0. The lowest BCUT2D eigenvalue weighted by molar-refractivity contribution is -0.122. The molecule has 1 saturated carbocycles. The highest BCUT2D eigenvalue weighted by atomic mass is 16.5. The molecule has 1 amide bonds. The molecule has 2 aromatic carbocycles. The number of fused-ring (bicyclic) bond motifs is 1. The number of benzene rings is 2.